The molecule has 29 heavy (non-hydrogen) atoms. The molecule has 0 aliphatic heterocycles. The van der Waals surface area contributed by atoms with E-state index in [2.05, 4.69) is 53.7 Å². The molecular weight excluding hydrogens is 444 g/mol. The van der Waals surface area contributed by atoms with Crippen LogP contribution in [0.2, 0.25) is 0 Å². The maximum absolute atomic E-state index is 2.38. The number of unbranched alkanes of at least 4 members (excludes halogenated alkanes) is 13. The minimum atomic E-state index is 0. The molecule has 0 fully saturated rings. The van der Waals surface area contributed by atoms with Gasteiger partial charge in [0, 0.05) is 0 Å². The molecule has 2 nitrogen and oxygen atoms in total. The summed E-state index contributed by atoms with van der Waals surface area (Å²) in [5.74, 6) is 0. The summed E-state index contributed by atoms with van der Waals surface area (Å²) < 4.78 is 1.12. The van der Waals surface area contributed by atoms with E-state index in [1.54, 1.807) is 0 Å². The number of halogens is 2. The molecule has 0 rings (SSSR count). The topological polar surface area (TPSA) is 3.24 Å². The van der Waals surface area contributed by atoms with Gasteiger partial charge in [0.2, 0.25) is 0 Å². The quantitative estimate of drug-likeness (QED) is 0.190. The van der Waals surface area contributed by atoms with Gasteiger partial charge in [0.1, 0.15) is 0 Å². The molecule has 0 N–H and O–H groups in total. The highest BCUT2D eigenvalue weighted by Gasteiger charge is 2.04. The number of nitrogens with zero attached hydrogens (tertiary/aromatic N) is 2. The Morgan fingerprint density at radius 1 is 0.483 bits per heavy atom. The van der Waals surface area contributed by atoms with Gasteiger partial charge in [0.25, 0.3) is 0 Å². The van der Waals surface area contributed by atoms with Gasteiger partial charge in [-0.05, 0) is 32.5 Å². The molecule has 0 amide bonds. The van der Waals surface area contributed by atoms with Crippen LogP contribution in [0.3, 0.4) is 0 Å². The van der Waals surface area contributed by atoms with Crippen molar-refractivity contribution in [3.8, 4) is 0 Å². The molecule has 0 saturated heterocycles. The second kappa shape index (κ2) is 28.7. The molecule has 182 valence electrons. The normalized spacial score (nSPS) is 10.8. The molecule has 0 aromatic rings. The summed E-state index contributed by atoms with van der Waals surface area (Å²) in [6.45, 7) is 13.8. The first kappa shape index (κ1) is 37.0. The Bertz CT molecular complexity index is 261. The SMILES string of the molecule is CCCCCCCCCCCCCCCC[N+](C)(C)C.CCN(CC)CC.Cl.[Br-]. The molecule has 0 spiro atoms. The molecule has 0 aromatic carbocycles. The number of rotatable bonds is 18. The molecule has 4 heteroatoms. The van der Waals surface area contributed by atoms with Crippen molar-refractivity contribution in [3.63, 3.8) is 0 Å². The minimum Gasteiger partial charge on any atom is -1.00 e. The van der Waals surface area contributed by atoms with Crippen molar-refractivity contribution >= 4 is 12.4 Å². The lowest BCUT2D eigenvalue weighted by Crippen LogP contribution is -3.00. The molecule has 0 atom stereocenters. The lowest BCUT2D eigenvalue weighted by Gasteiger charge is -2.23. The van der Waals surface area contributed by atoms with Crippen LogP contribution in [-0.4, -0.2) is 56.7 Å². The molecule has 0 heterocycles. The fraction of sp³-hybridized carbons (Fsp3) is 1.00. The summed E-state index contributed by atoms with van der Waals surface area (Å²) in [5, 5.41) is 0. The van der Waals surface area contributed by atoms with E-state index in [1.165, 1.54) is 116 Å². The van der Waals surface area contributed by atoms with E-state index in [0.29, 0.717) is 0 Å². The van der Waals surface area contributed by atoms with Gasteiger partial charge in [0.15, 0.2) is 0 Å². The maximum atomic E-state index is 2.38. The standard InChI is InChI=1S/C19H42N.C6H15N.BrH.ClH/c1-5-6-7-8-9-10-11-12-13-14-15-16-17-18-19-20(2,3)4;1-4-7(5-2)6-3;;/h5-19H2,1-4H3;4-6H2,1-3H3;2*1H/q+1;;;/p-1. The van der Waals surface area contributed by atoms with E-state index < -0.39 is 0 Å². The van der Waals surface area contributed by atoms with Gasteiger partial charge in [-0.1, -0.05) is 105 Å². The molecular formula is C25H58BrClN2. The van der Waals surface area contributed by atoms with Crippen molar-refractivity contribution in [2.75, 3.05) is 47.3 Å². The summed E-state index contributed by atoms with van der Waals surface area (Å²) in [4.78, 5) is 2.38. The van der Waals surface area contributed by atoms with Crippen molar-refractivity contribution in [2.24, 2.45) is 0 Å². The van der Waals surface area contributed by atoms with Gasteiger partial charge >= 0.3 is 0 Å². The Morgan fingerprint density at radius 2 is 0.759 bits per heavy atom. The first-order valence-corrected chi connectivity index (χ1v) is 12.4. The van der Waals surface area contributed by atoms with E-state index in [4.69, 9.17) is 0 Å². The van der Waals surface area contributed by atoms with Gasteiger partial charge in [0.05, 0.1) is 27.7 Å². The highest BCUT2D eigenvalue weighted by Crippen LogP contribution is 2.13. The van der Waals surface area contributed by atoms with Crippen molar-refractivity contribution < 1.29 is 21.5 Å². The van der Waals surface area contributed by atoms with E-state index in [1.807, 2.05) is 0 Å². The lowest BCUT2D eigenvalue weighted by molar-refractivity contribution is -0.870. The fourth-order valence-corrected chi connectivity index (χ4v) is 3.45. The van der Waals surface area contributed by atoms with Gasteiger partial charge < -0.3 is 26.4 Å². The van der Waals surface area contributed by atoms with Crippen LogP contribution in [0, 0.1) is 0 Å². The Kier molecular flexibility index (Phi) is 36.6. The Morgan fingerprint density at radius 3 is 0.966 bits per heavy atom. The van der Waals surface area contributed by atoms with Crippen LogP contribution in [-0.2, 0) is 0 Å². The first-order valence-electron chi connectivity index (χ1n) is 12.4. The van der Waals surface area contributed by atoms with E-state index in [-0.39, 0.29) is 29.4 Å². The largest absolute Gasteiger partial charge is 1.00 e. The van der Waals surface area contributed by atoms with Gasteiger partial charge in [-0.2, -0.15) is 0 Å². The van der Waals surface area contributed by atoms with E-state index in [9.17, 15) is 0 Å². The average molecular weight is 502 g/mol. The first-order chi connectivity index (χ1) is 12.9. The predicted octanol–water partition coefficient (Wildman–Crippen LogP) is 4.95. The third-order valence-electron chi connectivity index (χ3n) is 5.52. The molecule has 0 radical (unpaired) electrons. The second-order valence-electron chi connectivity index (χ2n) is 9.23. The van der Waals surface area contributed by atoms with Crippen LogP contribution in [0.4, 0.5) is 0 Å². The minimum absolute atomic E-state index is 0. The third-order valence-corrected chi connectivity index (χ3v) is 5.52. The third kappa shape index (κ3) is 36.4. The maximum Gasteiger partial charge on any atom is 0.0780 e. The molecule has 0 unspecified atom stereocenters. The molecule has 0 aromatic heterocycles. The van der Waals surface area contributed by atoms with E-state index in [0.717, 1.165) is 4.48 Å². The molecule has 0 saturated carbocycles. The van der Waals surface area contributed by atoms with Crippen LogP contribution in [0.5, 0.6) is 0 Å². The second-order valence-corrected chi connectivity index (χ2v) is 9.23. The van der Waals surface area contributed by atoms with Crippen LogP contribution in [0.15, 0.2) is 0 Å². The van der Waals surface area contributed by atoms with Crippen LogP contribution >= 0.6 is 12.4 Å². The van der Waals surface area contributed by atoms with Gasteiger partial charge in [-0.25, -0.2) is 0 Å². The highest BCUT2D eigenvalue weighted by atomic mass is 79.9. The zero-order valence-electron chi connectivity index (χ0n) is 21.4. The number of hydrogen-bond acceptors (Lipinski definition) is 1. The summed E-state index contributed by atoms with van der Waals surface area (Å²) in [6, 6.07) is 0. The van der Waals surface area contributed by atoms with Gasteiger partial charge in [-0.3, -0.25) is 0 Å². The van der Waals surface area contributed by atoms with Gasteiger partial charge in [-0.15, -0.1) is 12.4 Å². The van der Waals surface area contributed by atoms with Crippen LogP contribution < -0.4 is 17.0 Å². The number of hydrogen-bond donors (Lipinski definition) is 0. The van der Waals surface area contributed by atoms with E-state index >= 15 is 0 Å². The summed E-state index contributed by atoms with van der Waals surface area (Å²) in [6.07, 6.45) is 20.4. The molecule has 0 aliphatic rings. The number of quaternary nitrogens is 1. The molecule has 0 bridgehead atoms. The van der Waals surface area contributed by atoms with Crippen LogP contribution in [0.1, 0.15) is 118 Å². The lowest BCUT2D eigenvalue weighted by atomic mass is 10.0. The van der Waals surface area contributed by atoms with Crippen molar-refractivity contribution in [1.29, 1.82) is 0 Å². The summed E-state index contributed by atoms with van der Waals surface area (Å²) in [7, 11) is 6.88. The molecule has 0 aliphatic carbocycles. The van der Waals surface area contributed by atoms with Crippen molar-refractivity contribution in [1.82, 2.24) is 4.90 Å². The van der Waals surface area contributed by atoms with Crippen molar-refractivity contribution in [3.05, 3.63) is 0 Å². The summed E-state index contributed by atoms with van der Waals surface area (Å²) >= 11 is 0. The average Bonchev–Trinajstić information content (AvgIpc) is 2.63. The Balaban J connectivity index is -0.000000298. The highest BCUT2D eigenvalue weighted by molar-refractivity contribution is 5.85. The zero-order chi connectivity index (χ0) is 20.8. The Labute approximate surface area is 203 Å². The van der Waals surface area contributed by atoms with Crippen molar-refractivity contribution in [2.45, 2.75) is 118 Å². The zero-order valence-corrected chi connectivity index (χ0v) is 23.8. The summed E-state index contributed by atoms with van der Waals surface area (Å²) in [5.41, 5.74) is 0. The Hall–Kier alpha value is 0.690. The fourth-order valence-electron chi connectivity index (χ4n) is 3.45. The smallest absolute Gasteiger partial charge is 0.0780 e. The predicted molar refractivity (Wildman–Crippen MR) is 134 cm³/mol. The van der Waals surface area contributed by atoms with Crippen LogP contribution in [0.25, 0.3) is 0 Å². The monoisotopic (exact) mass is 500 g/mol.